The van der Waals surface area contributed by atoms with Crippen molar-refractivity contribution in [2.75, 3.05) is 0 Å². The molecule has 0 unspecified atom stereocenters. The number of hydrogen-bond acceptors (Lipinski definition) is 3. The third-order valence-corrected chi connectivity index (χ3v) is 5.74. The van der Waals surface area contributed by atoms with E-state index in [1.54, 1.807) is 31.2 Å². The number of halogens is 1. The molecule has 25 heavy (non-hydrogen) atoms. The molecule has 0 atom stereocenters. The van der Waals surface area contributed by atoms with Crippen molar-refractivity contribution in [1.82, 2.24) is 4.90 Å². The number of sulfone groups is 1. The van der Waals surface area contributed by atoms with Crippen LogP contribution >= 0.6 is 11.6 Å². The second-order valence-electron chi connectivity index (χ2n) is 5.70. The van der Waals surface area contributed by atoms with Crippen molar-refractivity contribution in [3.05, 3.63) is 94.5 Å². The first-order valence-electron chi connectivity index (χ1n) is 7.60. The van der Waals surface area contributed by atoms with Crippen LogP contribution in [0.2, 0.25) is 0 Å². The Morgan fingerprint density at radius 3 is 1.88 bits per heavy atom. The highest BCUT2D eigenvalue weighted by Gasteiger charge is 2.43. The number of nitrogens with zero attached hydrogens (tertiary/aromatic N) is 1. The second kappa shape index (κ2) is 6.50. The van der Waals surface area contributed by atoms with Gasteiger partial charge in [-0.25, -0.2) is 8.42 Å². The van der Waals surface area contributed by atoms with Gasteiger partial charge >= 0.3 is 0 Å². The van der Waals surface area contributed by atoms with Gasteiger partial charge in [-0.2, -0.15) is 0 Å². The van der Waals surface area contributed by atoms with Crippen molar-refractivity contribution in [2.45, 2.75) is 11.8 Å². The SMILES string of the molecule is CC1=CS(=O)(=O)C=CN1C(=O)C(Cl)(c1ccccc1)c1ccccc1. The van der Waals surface area contributed by atoms with E-state index in [1.165, 1.54) is 11.1 Å². The van der Waals surface area contributed by atoms with E-state index in [9.17, 15) is 13.2 Å². The molecule has 0 aliphatic carbocycles. The largest absolute Gasteiger partial charge is 0.288 e. The molecule has 0 N–H and O–H groups in total. The number of carbonyl (C=O) groups is 1. The van der Waals surface area contributed by atoms with Gasteiger partial charge in [-0.15, -0.1) is 0 Å². The van der Waals surface area contributed by atoms with Crippen molar-refractivity contribution in [2.24, 2.45) is 0 Å². The monoisotopic (exact) mass is 373 g/mol. The normalized spacial score (nSPS) is 16.4. The van der Waals surface area contributed by atoms with Gasteiger partial charge in [-0.3, -0.25) is 9.69 Å². The Labute approximate surface area is 152 Å². The smallest absolute Gasteiger partial charge is 0.261 e. The van der Waals surface area contributed by atoms with Crippen LogP contribution < -0.4 is 0 Å². The minimum Gasteiger partial charge on any atom is -0.288 e. The van der Waals surface area contributed by atoms with Crippen LogP contribution in [0.3, 0.4) is 0 Å². The summed E-state index contributed by atoms with van der Waals surface area (Å²) in [7, 11) is -3.45. The van der Waals surface area contributed by atoms with Gasteiger partial charge in [0.15, 0.2) is 14.7 Å². The molecule has 0 aromatic heterocycles. The molecule has 0 saturated heterocycles. The van der Waals surface area contributed by atoms with Crippen LogP contribution in [0.5, 0.6) is 0 Å². The molecule has 1 aliphatic heterocycles. The molecule has 0 radical (unpaired) electrons. The van der Waals surface area contributed by atoms with E-state index in [4.69, 9.17) is 11.6 Å². The molecule has 4 nitrogen and oxygen atoms in total. The second-order valence-corrected chi connectivity index (χ2v) is 7.95. The number of alkyl halides is 1. The van der Waals surface area contributed by atoms with Crippen LogP contribution in [0.25, 0.3) is 0 Å². The number of rotatable bonds is 3. The van der Waals surface area contributed by atoms with Gasteiger partial charge in [-0.1, -0.05) is 72.3 Å². The van der Waals surface area contributed by atoms with Crippen LogP contribution in [0.4, 0.5) is 0 Å². The molecule has 0 saturated carbocycles. The topological polar surface area (TPSA) is 54.5 Å². The van der Waals surface area contributed by atoms with Crippen LogP contribution in [-0.4, -0.2) is 19.2 Å². The quantitative estimate of drug-likeness (QED) is 0.770. The Bertz CT molecular complexity index is 911. The van der Waals surface area contributed by atoms with Crippen LogP contribution in [0.1, 0.15) is 18.1 Å². The van der Waals surface area contributed by atoms with Crippen LogP contribution in [0, 0.1) is 0 Å². The lowest BCUT2D eigenvalue weighted by Gasteiger charge is -2.33. The highest BCUT2D eigenvalue weighted by atomic mass is 35.5. The van der Waals surface area contributed by atoms with Gasteiger partial charge in [0.1, 0.15) is 0 Å². The predicted octanol–water partition coefficient (Wildman–Crippen LogP) is 3.76. The highest BCUT2D eigenvalue weighted by Crippen LogP contribution is 2.39. The van der Waals surface area contributed by atoms with Crippen molar-refractivity contribution >= 4 is 27.3 Å². The van der Waals surface area contributed by atoms with E-state index in [1.807, 2.05) is 36.4 Å². The molecule has 1 aliphatic rings. The first-order chi connectivity index (χ1) is 11.8. The Morgan fingerprint density at radius 1 is 0.960 bits per heavy atom. The summed E-state index contributed by atoms with van der Waals surface area (Å²) < 4.78 is 23.4. The zero-order valence-corrected chi connectivity index (χ0v) is 15.0. The van der Waals surface area contributed by atoms with E-state index in [-0.39, 0.29) is 0 Å². The molecule has 6 heteroatoms. The van der Waals surface area contributed by atoms with E-state index in [2.05, 4.69) is 0 Å². The lowest BCUT2D eigenvalue weighted by atomic mass is 9.89. The minimum atomic E-state index is -3.45. The molecular formula is C19H16ClNO3S. The Balaban J connectivity index is 2.14. The lowest BCUT2D eigenvalue weighted by Crippen LogP contribution is -2.42. The Kier molecular flexibility index (Phi) is 4.54. The average Bonchev–Trinajstić information content (AvgIpc) is 2.61. The highest BCUT2D eigenvalue weighted by molar-refractivity contribution is 7.97. The van der Waals surface area contributed by atoms with Crippen molar-refractivity contribution in [1.29, 1.82) is 0 Å². The summed E-state index contributed by atoms with van der Waals surface area (Å²) in [4.78, 5) is 13.2. The summed E-state index contributed by atoms with van der Waals surface area (Å²) in [5.74, 6) is -0.438. The van der Waals surface area contributed by atoms with E-state index in [0.29, 0.717) is 16.8 Å². The Morgan fingerprint density at radius 2 is 1.44 bits per heavy atom. The number of carbonyl (C=O) groups excluding carboxylic acids is 1. The zero-order valence-electron chi connectivity index (χ0n) is 13.5. The fourth-order valence-electron chi connectivity index (χ4n) is 2.74. The van der Waals surface area contributed by atoms with Crippen LogP contribution in [0.15, 0.2) is 83.4 Å². The summed E-state index contributed by atoms with van der Waals surface area (Å²) in [5.41, 5.74) is 1.52. The standard InChI is InChI=1S/C19H16ClNO3S/c1-15-14-25(23,24)13-12-21(15)18(22)19(20,16-8-4-2-5-9-16)17-10-6-3-7-11-17/h2-14H,1H3. The molecule has 1 amide bonds. The molecule has 0 bridgehead atoms. The number of amides is 1. The Hall–Kier alpha value is -2.37. The summed E-state index contributed by atoms with van der Waals surface area (Å²) in [5, 5.41) is 2.05. The van der Waals surface area contributed by atoms with E-state index < -0.39 is 20.6 Å². The zero-order chi connectivity index (χ0) is 18.1. The van der Waals surface area contributed by atoms with Crippen molar-refractivity contribution in [3.8, 4) is 0 Å². The number of benzene rings is 2. The molecule has 0 spiro atoms. The molecule has 128 valence electrons. The molecule has 2 aromatic carbocycles. The minimum absolute atomic E-state index is 0.296. The summed E-state index contributed by atoms with van der Waals surface area (Å²) >= 11 is 6.91. The maximum absolute atomic E-state index is 13.3. The van der Waals surface area contributed by atoms with E-state index in [0.717, 1.165) is 10.8 Å². The molecule has 2 aromatic rings. The van der Waals surface area contributed by atoms with Gasteiger partial charge < -0.3 is 0 Å². The summed E-state index contributed by atoms with van der Waals surface area (Å²) in [6.45, 7) is 1.56. The number of allylic oxidation sites excluding steroid dienone is 1. The molecule has 3 rings (SSSR count). The third-order valence-electron chi connectivity index (χ3n) is 3.97. The fraction of sp³-hybridized carbons (Fsp3) is 0.105. The summed E-state index contributed by atoms with van der Waals surface area (Å²) in [6, 6.07) is 18.0. The maximum Gasteiger partial charge on any atom is 0.261 e. The van der Waals surface area contributed by atoms with Gasteiger partial charge in [0.25, 0.3) is 5.91 Å². The van der Waals surface area contributed by atoms with Gasteiger partial charge in [0.05, 0.1) is 10.8 Å². The van der Waals surface area contributed by atoms with Crippen molar-refractivity contribution < 1.29 is 13.2 Å². The summed E-state index contributed by atoms with van der Waals surface area (Å²) in [6.07, 6.45) is 1.25. The van der Waals surface area contributed by atoms with Gasteiger partial charge in [-0.05, 0) is 18.1 Å². The molecule has 1 heterocycles. The maximum atomic E-state index is 13.3. The van der Waals surface area contributed by atoms with E-state index >= 15 is 0 Å². The van der Waals surface area contributed by atoms with Crippen LogP contribution in [-0.2, 0) is 19.5 Å². The first-order valence-corrected chi connectivity index (χ1v) is 9.58. The first kappa shape index (κ1) is 17.5. The molecule has 0 fully saturated rings. The van der Waals surface area contributed by atoms with Crippen molar-refractivity contribution in [3.63, 3.8) is 0 Å². The fourth-order valence-corrected chi connectivity index (χ4v) is 4.04. The van der Waals surface area contributed by atoms with Gasteiger partial charge in [0.2, 0.25) is 0 Å². The average molecular weight is 374 g/mol. The predicted molar refractivity (Wildman–Crippen MR) is 98.2 cm³/mol. The lowest BCUT2D eigenvalue weighted by molar-refractivity contribution is -0.129. The third kappa shape index (κ3) is 3.25. The molecular weight excluding hydrogens is 358 g/mol. The van der Waals surface area contributed by atoms with Gasteiger partial charge in [0, 0.05) is 11.9 Å². The number of hydrogen-bond donors (Lipinski definition) is 0.